The summed E-state index contributed by atoms with van der Waals surface area (Å²) >= 11 is 0. The van der Waals surface area contributed by atoms with Crippen LogP contribution in [0.2, 0.25) is 0 Å². The van der Waals surface area contributed by atoms with Gasteiger partial charge >= 0.3 is 0 Å². The largest absolute Gasteiger partial charge is 0.493 e. The zero-order valence-electron chi connectivity index (χ0n) is 17.8. The fourth-order valence-electron chi connectivity index (χ4n) is 4.29. The van der Waals surface area contributed by atoms with Gasteiger partial charge in [-0.3, -0.25) is 19.8 Å². The number of rotatable bonds is 7. The van der Waals surface area contributed by atoms with Gasteiger partial charge in [0.25, 0.3) is 5.91 Å². The molecule has 3 N–H and O–H groups in total. The third-order valence-corrected chi connectivity index (χ3v) is 6.07. The average molecular weight is 434 g/mol. The van der Waals surface area contributed by atoms with Gasteiger partial charge in [0, 0.05) is 23.9 Å². The van der Waals surface area contributed by atoms with Gasteiger partial charge in [-0.2, -0.15) is 5.06 Å². The van der Waals surface area contributed by atoms with E-state index in [2.05, 4.69) is 4.98 Å². The molecule has 0 aliphatic heterocycles. The summed E-state index contributed by atoms with van der Waals surface area (Å²) in [7, 11) is 0. The van der Waals surface area contributed by atoms with Crippen LogP contribution in [0.5, 0.6) is 5.75 Å². The molecule has 0 saturated heterocycles. The number of carbonyl (C=O) groups excluding carboxylic acids is 2. The lowest BCUT2D eigenvalue weighted by atomic mass is 9.78. The number of nitrogens with zero attached hydrogens (tertiary/aromatic N) is 2. The van der Waals surface area contributed by atoms with E-state index in [1.807, 2.05) is 42.5 Å². The highest BCUT2D eigenvalue weighted by Crippen LogP contribution is 2.32. The van der Waals surface area contributed by atoms with Crippen LogP contribution in [0, 0.1) is 11.8 Å². The Kier molecular flexibility index (Phi) is 6.66. The van der Waals surface area contributed by atoms with Gasteiger partial charge in [0.1, 0.15) is 5.75 Å². The molecular formula is C25H27N3O4. The molecule has 0 bridgehead atoms. The number of pyridine rings is 1. The summed E-state index contributed by atoms with van der Waals surface area (Å²) in [6.07, 6.45) is 5.31. The maximum Gasteiger partial charge on any atom is 0.254 e. The molecule has 2 aromatic carbocycles. The Hall–Kier alpha value is -3.45. The van der Waals surface area contributed by atoms with Crippen molar-refractivity contribution in [3.05, 3.63) is 66.4 Å². The number of nitrogens with two attached hydrogens (primary N) is 1. The van der Waals surface area contributed by atoms with Crippen molar-refractivity contribution in [2.45, 2.75) is 32.1 Å². The molecule has 1 aromatic heterocycles. The molecule has 2 amide bonds. The molecule has 1 saturated carbocycles. The molecule has 4 rings (SSSR count). The maximum absolute atomic E-state index is 12.8. The molecule has 1 fully saturated rings. The van der Waals surface area contributed by atoms with E-state index in [-0.39, 0.29) is 0 Å². The molecule has 3 aromatic rings. The number of hydrogen-bond donors (Lipinski definition) is 2. The number of hydroxylamine groups is 1. The van der Waals surface area contributed by atoms with Crippen LogP contribution in [0.4, 0.5) is 5.69 Å². The lowest BCUT2D eigenvalue weighted by molar-refractivity contribution is -0.136. The predicted octanol–water partition coefficient (Wildman–Crippen LogP) is 3.87. The standard InChI is InChI=1S/C25H27N3O4/c26-24(29)21-5-1-2-6-22(21)25(30)28(31)19-9-7-17(8-10-19)13-15-32-20-11-12-23-18(16-20)4-3-14-27-23/h3-4,7-12,14,16,21-22,31H,1-2,5-6,13,15H2,(H2,26,29). The predicted molar refractivity (Wildman–Crippen MR) is 121 cm³/mol. The van der Waals surface area contributed by atoms with Crippen LogP contribution in [0.1, 0.15) is 31.2 Å². The van der Waals surface area contributed by atoms with Gasteiger partial charge in [-0.1, -0.05) is 31.0 Å². The van der Waals surface area contributed by atoms with Gasteiger partial charge in [0.2, 0.25) is 5.91 Å². The number of hydrogen-bond acceptors (Lipinski definition) is 5. The second kappa shape index (κ2) is 9.78. The monoisotopic (exact) mass is 433 g/mol. The number of benzene rings is 2. The summed E-state index contributed by atoms with van der Waals surface area (Å²) < 4.78 is 5.86. The van der Waals surface area contributed by atoms with E-state index in [0.717, 1.165) is 35.1 Å². The maximum atomic E-state index is 12.8. The van der Waals surface area contributed by atoms with Crippen molar-refractivity contribution in [3.63, 3.8) is 0 Å². The van der Waals surface area contributed by atoms with Crippen LogP contribution in [-0.2, 0) is 16.0 Å². The van der Waals surface area contributed by atoms with Gasteiger partial charge in [-0.25, -0.2) is 0 Å². The number of fused-ring (bicyclic) bond motifs is 1. The number of aromatic nitrogens is 1. The molecule has 2 unspecified atom stereocenters. The van der Waals surface area contributed by atoms with E-state index in [0.29, 0.717) is 36.6 Å². The van der Waals surface area contributed by atoms with E-state index < -0.39 is 23.7 Å². The van der Waals surface area contributed by atoms with Crippen molar-refractivity contribution in [2.75, 3.05) is 11.7 Å². The minimum atomic E-state index is -0.573. The van der Waals surface area contributed by atoms with E-state index in [1.54, 1.807) is 18.3 Å². The topological polar surface area (TPSA) is 106 Å². The average Bonchev–Trinajstić information content (AvgIpc) is 2.83. The van der Waals surface area contributed by atoms with Crippen LogP contribution < -0.4 is 15.5 Å². The highest BCUT2D eigenvalue weighted by molar-refractivity contribution is 5.96. The van der Waals surface area contributed by atoms with E-state index in [4.69, 9.17) is 10.5 Å². The Labute approximate surface area is 186 Å². The summed E-state index contributed by atoms with van der Waals surface area (Å²) in [5, 5.41) is 12.1. The first-order valence-electron chi connectivity index (χ1n) is 10.9. The number of amides is 2. The Bertz CT molecular complexity index is 1100. The quantitative estimate of drug-likeness (QED) is 0.435. The molecule has 7 heteroatoms. The minimum absolute atomic E-state index is 0.371. The zero-order valence-corrected chi connectivity index (χ0v) is 17.8. The number of carbonyl (C=O) groups is 2. The van der Waals surface area contributed by atoms with E-state index in [1.165, 1.54) is 0 Å². The normalized spacial score (nSPS) is 18.3. The molecular weight excluding hydrogens is 406 g/mol. The molecule has 0 spiro atoms. The smallest absolute Gasteiger partial charge is 0.254 e. The second-order valence-electron chi connectivity index (χ2n) is 8.17. The highest BCUT2D eigenvalue weighted by atomic mass is 16.5. The summed E-state index contributed by atoms with van der Waals surface area (Å²) in [4.78, 5) is 28.8. The SMILES string of the molecule is NC(=O)C1CCCCC1C(=O)N(O)c1ccc(CCOc2ccc3ncccc3c2)cc1. The number of anilines is 1. The molecule has 0 radical (unpaired) electrons. The van der Waals surface area contributed by atoms with Crippen LogP contribution >= 0.6 is 0 Å². The van der Waals surface area contributed by atoms with Crippen molar-refractivity contribution in [2.24, 2.45) is 17.6 Å². The lowest BCUT2D eigenvalue weighted by Crippen LogP contribution is -2.43. The molecule has 1 aliphatic carbocycles. The number of primary amides is 1. The summed E-state index contributed by atoms with van der Waals surface area (Å²) in [6.45, 7) is 0.495. The second-order valence-corrected chi connectivity index (χ2v) is 8.17. The van der Waals surface area contributed by atoms with Gasteiger partial charge in [0.05, 0.1) is 23.7 Å². The van der Waals surface area contributed by atoms with Crippen LogP contribution in [0.25, 0.3) is 10.9 Å². The summed E-state index contributed by atoms with van der Waals surface area (Å²) in [5.41, 5.74) is 7.78. The molecule has 166 valence electrons. The molecule has 1 heterocycles. The van der Waals surface area contributed by atoms with Crippen molar-refractivity contribution < 1.29 is 19.5 Å². The van der Waals surface area contributed by atoms with Gasteiger partial charge in [-0.15, -0.1) is 0 Å². The van der Waals surface area contributed by atoms with E-state index >= 15 is 0 Å². The van der Waals surface area contributed by atoms with Gasteiger partial charge in [0.15, 0.2) is 0 Å². The molecule has 1 aliphatic rings. The first-order chi connectivity index (χ1) is 15.5. The van der Waals surface area contributed by atoms with Crippen LogP contribution in [-0.4, -0.2) is 28.6 Å². The Balaban J connectivity index is 1.33. The van der Waals surface area contributed by atoms with Crippen molar-refractivity contribution in [1.82, 2.24) is 4.98 Å². The summed E-state index contributed by atoms with van der Waals surface area (Å²) in [5.74, 6) is -1.26. The van der Waals surface area contributed by atoms with Crippen LogP contribution in [0.15, 0.2) is 60.8 Å². The fourth-order valence-corrected chi connectivity index (χ4v) is 4.29. The molecule has 32 heavy (non-hydrogen) atoms. The Morgan fingerprint density at radius 1 is 1.06 bits per heavy atom. The van der Waals surface area contributed by atoms with Crippen LogP contribution in [0.3, 0.4) is 0 Å². The van der Waals surface area contributed by atoms with Gasteiger partial charge < -0.3 is 10.5 Å². The fraction of sp³-hybridized carbons (Fsp3) is 0.320. The van der Waals surface area contributed by atoms with Crippen molar-refractivity contribution in [3.8, 4) is 5.75 Å². The van der Waals surface area contributed by atoms with Crippen molar-refractivity contribution >= 4 is 28.4 Å². The first-order valence-corrected chi connectivity index (χ1v) is 10.9. The molecule has 7 nitrogen and oxygen atoms in total. The molecule has 2 atom stereocenters. The van der Waals surface area contributed by atoms with Crippen molar-refractivity contribution in [1.29, 1.82) is 0 Å². The summed E-state index contributed by atoms with van der Waals surface area (Å²) in [6, 6.07) is 16.8. The first kappa shape index (κ1) is 21.8. The number of ether oxygens (including phenoxy) is 1. The third-order valence-electron chi connectivity index (χ3n) is 6.07. The lowest BCUT2D eigenvalue weighted by Gasteiger charge is -2.30. The Morgan fingerprint density at radius 2 is 1.81 bits per heavy atom. The zero-order chi connectivity index (χ0) is 22.5. The highest BCUT2D eigenvalue weighted by Gasteiger charge is 2.37. The van der Waals surface area contributed by atoms with E-state index in [9.17, 15) is 14.8 Å². The third kappa shape index (κ3) is 4.89. The Morgan fingerprint density at radius 3 is 2.56 bits per heavy atom. The minimum Gasteiger partial charge on any atom is -0.493 e. The van der Waals surface area contributed by atoms with Gasteiger partial charge in [-0.05, 0) is 54.8 Å².